The van der Waals surface area contributed by atoms with Gasteiger partial charge in [-0.15, -0.1) is 0 Å². The summed E-state index contributed by atoms with van der Waals surface area (Å²) in [5, 5.41) is 5.39. The Balaban J connectivity index is 1.12. The lowest BCUT2D eigenvalue weighted by atomic mass is 10.1. The van der Waals surface area contributed by atoms with Crippen molar-refractivity contribution in [1.82, 2.24) is 25.1 Å². The molecule has 17 heteroatoms. The van der Waals surface area contributed by atoms with Crippen molar-refractivity contribution in [1.29, 1.82) is 0 Å². The molecule has 11 nitrogen and oxygen atoms in total. The number of amides is 1. The van der Waals surface area contributed by atoms with Crippen LogP contribution in [0.3, 0.4) is 0 Å². The third kappa shape index (κ3) is 6.20. The Kier molecular flexibility index (Phi) is 7.95. The lowest BCUT2D eigenvalue weighted by molar-refractivity contribution is -0.139. The van der Waals surface area contributed by atoms with E-state index in [4.69, 9.17) is 9.47 Å². The monoisotopic (exact) mass is 639 g/mol. The first-order chi connectivity index (χ1) is 21.4. The number of hydrogen-bond donors (Lipinski definition) is 1. The summed E-state index contributed by atoms with van der Waals surface area (Å²) < 4.78 is 91.9. The SMILES string of the molecule is O=C(c1ccnc(OCC2CCCN2c2cn[nH]c(=O)c2C(F)(F)F)c1)N1CCN2c3ncc(C(F)(F)F)cc3OCCC2C1. The Morgan fingerprint density at radius 1 is 1.02 bits per heavy atom. The molecule has 2 unspecified atom stereocenters. The fourth-order valence-electron chi connectivity index (χ4n) is 5.98. The predicted molar refractivity (Wildman–Crippen MR) is 146 cm³/mol. The van der Waals surface area contributed by atoms with Crippen LogP contribution in [0.1, 0.15) is 40.7 Å². The maximum atomic E-state index is 13.6. The summed E-state index contributed by atoms with van der Waals surface area (Å²) in [6.45, 7) is 1.27. The second kappa shape index (κ2) is 11.7. The molecular weight excluding hydrogens is 612 g/mol. The molecule has 2 atom stereocenters. The normalized spacial score (nSPS) is 20.3. The Hall–Kier alpha value is -4.57. The van der Waals surface area contributed by atoms with Crippen LogP contribution in [0.4, 0.5) is 37.8 Å². The topological polar surface area (TPSA) is 117 Å². The molecule has 3 aromatic rings. The smallest absolute Gasteiger partial charge is 0.423 e. The van der Waals surface area contributed by atoms with Gasteiger partial charge >= 0.3 is 12.4 Å². The number of nitrogens with zero attached hydrogens (tertiary/aromatic N) is 6. The molecule has 3 aromatic heterocycles. The average molecular weight is 640 g/mol. The van der Waals surface area contributed by atoms with Gasteiger partial charge in [-0.1, -0.05) is 0 Å². The van der Waals surface area contributed by atoms with E-state index in [9.17, 15) is 35.9 Å². The number of carbonyl (C=O) groups is 1. The van der Waals surface area contributed by atoms with Gasteiger partial charge < -0.3 is 24.2 Å². The molecule has 0 aromatic carbocycles. The average Bonchev–Trinajstić information content (AvgIpc) is 3.39. The number of alkyl halides is 6. The molecule has 2 fully saturated rings. The van der Waals surface area contributed by atoms with Crippen LogP contribution in [-0.4, -0.2) is 82.4 Å². The molecule has 3 aliphatic rings. The number of H-pyrrole nitrogens is 1. The van der Waals surface area contributed by atoms with Crippen LogP contribution in [0, 0.1) is 0 Å². The second-order valence-corrected chi connectivity index (χ2v) is 10.9. The van der Waals surface area contributed by atoms with Crippen molar-refractivity contribution < 1.29 is 40.6 Å². The van der Waals surface area contributed by atoms with E-state index >= 15 is 0 Å². The summed E-state index contributed by atoms with van der Waals surface area (Å²) in [5.41, 5.74) is -3.58. The zero-order chi connectivity index (χ0) is 31.9. The molecule has 0 aliphatic carbocycles. The summed E-state index contributed by atoms with van der Waals surface area (Å²) in [4.78, 5) is 38.6. The second-order valence-electron chi connectivity index (χ2n) is 10.9. The molecule has 0 bridgehead atoms. The van der Waals surface area contributed by atoms with Crippen molar-refractivity contribution in [2.24, 2.45) is 0 Å². The van der Waals surface area contributed by atoms with Crippen molar-refractivity contribution in [3.05, 3.63) is 63.8 Å². The highest BCUT2D eigenvalue weighted by Crippen LogP contribution is 2.39. The van der Waals surface area contributed by atoms with Gasteiger partial charge in [0.15, 0.2) is 11.6 Å². The standard InChI is InChI=1S/C28H27F6N7O4/c29-27(30,31)17-11-21-24(36-12-17)41-8-7-39(14-18(41)4-9-44-21)26(43)16-3-5-35-22(10-16)45-15-19-2-1-6-40(19)20-13-37-38-25(42)23(20)28(32,33)34/h3,5,10-13,18-19H,1-2,4,6-9,14-15H2,(H,38,42). The summed E-state index contributed by atoms with van der Waals surface area (Å²) in [5.74, 6) is 0.151. The number of halogens is 6. The summed E-state index contributed by atoms with van der Waals surface area (Å²) in [7, 11) is 0. The Morgan fingerprint density at radius 3 is 2.62 bits per heavy atom. The quantitative estimate of drug-likeness (QED) is 0.417. The number of carbonyl (C=O) groups excluding carboxylic acids is 1. The lowest BCUT2D eigenvalue weighted by Crippen LogP contribution is -2.55. The van der Waals surface area contributed by atoms with Crippen LogP contribution in [0.25, 0.3) is 0 Å². The minimum atomic E-state index is -4.87. The van der Waals surface area contributed by atoms with Gasteiger partial charge in [0.25, 0.3) is 11.5 Å². The van der Waals surface area contributed by atoms with E-state index in [1.165, 1.54) is 23.2 Å². The molecule has 2 saturated heterocycles. The number of ether oxygens (including phenoxy) is 2. The molecule has 1 amide bonds. The van der Waals surface area contributed by atoms with Crippen LogP contribution < -0.4 is 24.8 Å². The first-order valence-corrected chi connectivity index (χ1v) is 14.2. The van der Waals surface area contributed by atoms with Crippen LogP contribution in [0.2, 0.25) is 0 Å². The lowest BCUT2D eigenvalue weighted by Gasteiger charge is -2.41. The van der Waals surface area contributed by atoms with Crippen molar-refractivity contribution in [2.75, 3.05) is 49.2 Å². The van der Waals surface area contributed by atoms with Crippen molar-refractivity contribution >= 4 is 17.4 Å². The minimum Gasteiger partial charge on any atom is -0.490 e. The molecule has 0 saturated carbocycles. The van der Waals surface area contributed by atoms with Gasteiger partial charge in [0.05, 0.1) is 36.1 Å². The van der Waals surface area contributed by atoms with Gasteiger partial charge in [0.1, 0.15) is 12.2 Å². The number of rotatable bonds is 5. The van der Waals surface area contributed by atoms with Crippen LogP contribution in [-0.2, 0) is 12.4 Å². The van der Waals surface area contributed by atoms with Crippen LogP contribution in [0.15, 0.2) is 41.6 Å². The minimum absolute atomic E-state index is 0.0437. The number of fused-ring (bicyclic) bond motifs is 3. The van der Waals surface area contributed by atoms with Gasteiger partial charge in [-0.3, -0.25) is 9.59 Å². The molecule has 6 rings (SSSR count). The molecule has 240 valence electrons. The molecule has 0 radical (unpaired) electrons. The molecule has 0 spiro atoms. The van der Waals surface area contributed by atoms with Gasteiger partial charge in [-0.2, -0.15) is 31.4 Å². The van der Waals surface area contributed by atoms with Crippen LogP contribution in [0.5, 0.6) is 11.6 Å². The van der Waals surface area contributed by atoms with E-state index in [0.29, 0.717) is 31.6 Å². The third-order valence-corrected chi connectivity index (χ3v) is 8.12. The largest absolute Gasteiger partial charge is 0.490 e. The van der Waals surface area contributed by atoms with Gasteiger partial charge in [0, 0.05) is 56.6 Å². The molecule has 45 heavy (non-hydrogen) atoms. The van der Waals surface area contributed by atoms with Crippen molar-refractivity contribution in [3.8, 4) is 11.6 Å². The third-order valence-electron chi connectivity index (χ3n) is 8.12. The number of piperazine rings is 1. The maximum Gasteiger partial charge on any atom is 0.423 e. The highest BCUT2D eigenvalue weighted by atomic mass is 19.4. The van der Waals surface area contributed by atoms with E-state index < -0.39 is 35.1 Å². The fourth-order valence-corrected chi connectivity index (χ4v) is 5.98. The van der Waals surface area contributed by atoms with Crippen LogP contribution >= 0.6 is 0 Å². The van der Waals surface area contributed by atoms with Crippen molar-refractivity contribution in [3.63, 3.8) is 0 Å². The van der Waals surface area contributed by atoms with Gasteiger partial charge in [-0.25, -0.2) is 15.1 Å². The zero-order valence-electron chi connectivity index (χ0n) is 23.6. The van der Waals surface area contributed by atoms with E-state index in [0.717, 1.165) is 18.5 Å². The number of nitrogens with one attached hydrogen (secondary N) is 1. The highest BCUT2D eigenvalue weighted by molar-refractivity contribution is 5.94. The Morgan fingerprint density at radius 2 is 1.84 bits per heavy atom. The predicted octanol–water partition coefficient (Wildman–Crippen LogP) is 3.76. The number of aromatic nitrogens is 4. The molecule has 3 aliphatic heterocycles. The molecular formula is C28H27F6N7O4. The zero-order valence-corrected chi connectivity index (χ0v) is 23.6. The highest BCUT2D eigenvalue weighted by Gasteiger charge is 2.41. The number of aromatic amines is 1. The van der Waals surface area contributed by atoms with E-state index in [2.05, 4.69) is 15.1 Å². The van der Waals surface area contributed by atoms with E-state index in [1.807, 2.05) is 10.00 Å². The van der Waals surface area contributed by atoms with Crippen molar-refractivity contribution in [2.45, 2.75) is 43.7 Å². The first-order valence-electron chi connectivity index (χ1n) is 14.2. The summed E-state index contributed by atoms with van der Waals surface area (Å²) in [6, 6.07) is 3.19. The number of hydrogen-bond acceptors (Lipinski definition) is 9. The number of pyridine rings is 2. The number of anilines is 2. The Labute approximate surface area is 251 Å². The van der Waals surface area contributed by atoms with Gasteiger partial charge in [0.2, 0.25) is 5.88 Å². The first kappa shape index (κ1) is 30.5. The fraction of sp³-hybridized carbons (Fsp3) is 0.464. The summed E-state index contributed by atoms with van der Waals surface area (Å²) >= 11 is 0. The van der Waals surface area contributed by atoms with Gasteiger partial charge in [-0.05, 0) is 25.0 Å². The van der Waals surface area contributed by atoms with E-state index in [1.54, 1.807) is 4.90 Å². The Bertz CT molecular complexity index is 1630. The maximum absolute atomic E-state index is 13.6. The summed E-state index contributed by atoms with van der Waals surface area (Å²) in [6.07, 6.45) is -4.73. The van der Waals surface area contributed by atoms with E-state index in [-0.39, 0.29) is 67.7 Å². The molecule has 1 N–H and O–H groups in total. The molecule has 6 heterocycles.